The number of hydrogen-bond donors (Lipinski definition) is 1. The highest BCUT2D eigenvalue weighted by molar-refractivity contribution is 6.00. The molecule has 186 valence electrons. The van der Waals surface area contributed by atoms with Crippen LogP contribution in [0.5, 0.6) is 0 Å². The third-order valence-corrected chi connectivity index (χ3v) is 6.00. The van der Waals surface area contributed by atoms with Crippen LogP contribution in [-0.4, -0.2) is 46.4 Å². The predicted octanol–water partition coefficient (Wildman–Crippen LogP) is 5.06. The molecule has 2 atom stereocenters. The number of ether oxygens (including phenoxy) is 2. The molecule has 6 nitrogen and oxygen atoms in total. The van der Waals surface area contributed by atoms with Gasteiger partial charge in [0.25, 0.3) is 5.91 Å². The molecule has 3 aromatic carbocycles. The first kappa shape index (κ1) is 25.4. The predicted molar refractivity (Wildman–Crippen MR) is 137 cm³/mol. The number of aliphatic hydroxyl groups excluding tert-OH is 1. The number of rotatable bonds is 6. The van der Waals surface area contributed by atoms with Crippen LogP contribution in [0.25, 0.3) is 0 Å². The van der Waals surface area contributed by atoms with Crippen LogP contribution in [0.4, 0.5) is 4.79 Å². The number of imide groups is 1. The van der Waals surface area contributed by atoms with E-state index in [1.165, 1.54) is 12.2 Å². The van der Waals surface area contributed by atoms with Crippen LogP contribution < -0.4 is 0 Å². The van der Waals surface area contributed by atoms with E-state index in [-0.39, 0.29) is 6.61 Å². The summed E-state index contributed by atoms with van der Waals surface area (Å²) in [5.74, 6) is -0.562. The minimum Gasteiger partial charge on any atom is -0.443 e. The van der Waals surface area contributed by atoms with Crippen LogP contribution in [0.15, 0.2) is 103 Å². The lowest BCUT2D eigenvalue weighted by molar-refractivity contribution is -0.134. The Kier molecular flexibility index (Phi) is 7.38. The zero-order valence-electron chi connectivity index (χ0n) is 20.7. The average molecular weight is 486 g/mol. The molecule has 0 bridgehead atoms. The van der Waals surface area contributed by atoms with Gasteiger partial charge >= 0.3 is 6.09 Å². The van der Waals surface area contributed by atoms with Crippen molar-refractivity contribution in [1.82, 2.24) is 4.90 Å². The van der Waals surface area contributed by atoms with Crippen molar-refractivity contribution in [2.45, 2.75) is 44.1 Å². The molecule has 0 aromatic heterocycles. The number of hydrogen-bond acceptors (Lipinski definition) is 5. The van der Waals surface area contributed by atoms with Gasteiger partial charge in [0, 0.05) is 6.08 Å². The fourth-order valence-electron chi connectivity index (χ4n) is 4.39. The molecule has 0 radical (unpaired) electrons. The number of nitrogens with zero attached hydrogens (tertiary/aromatic N) is 1. The third-order valence-electron chi connectivity index (χ3n) is 6.00. The van der Waals surface area contributed by atoms with Gasteiger partial charge < -0.3 is 14.6 Å². The maximum atomic E-state index is 13.0. The number of benzene rings is 3. The lowest BCUT2D eigenvalue weighted by Crippen LogP contribution is -2.56. The summed E-state index contributed by atoms with van der Waals surface area (Å²) in [6.07, 6.45) is 0.626. The van der Waals surface area contributed by atoms with Crippen LogP contribution in [0.1, 0.15) is 37.5 Å². The Labute approximate surface area is 211 Å². The lowest BCUT2D eigenvalue weighted by Gasteiger charge is -2.40. The first-order chi connectivity index (χ1) is 17.2. The highest BCUT2D eigenvalue weighted by atomic mass is 16.6. The van der Waals surface area contributed by atoms with E-state index in [1.54, 1.807) is 20.8 Å². The van der Waals surface area contributed by atoms with Gasteiger partial charge in [-0.05, 0) is 43.5 Å². The Morgan fingerprint density at radius 3 is 1.69 bits per heavy atom. The summed E-state index contributed by atoms with van der Waals surface area (Å²) < 4.78 is 12.2. The first-order valence-electron chi connectivity index (χ1n) is 12.0. The van der Waals surface area contributed by atoms with E-state index >= 15 is 0 Å². The zero-order valence-corrected chi connectivity index (χ0v) is 20.7. The zero-order chi connectivity index (χ0) is 25.8. The second-order valence-electron chi connectivity index (χ2n) is 9.70. The van der Waals surface area contributed by atoms with E-state index in [1.807, 2.05) is 91.0 Å². The summed E-state index contributed by atoms with van der Waals surface area (Å²) >= 11 is 0. The molecule has 0 unspecified atom stereocenters. The fraction of sp³-hybridized carbons (Fsp3) is 0.267. The first-order valence-corrected chi connectivity index (χ1v) is 12.0. The highest BCUT2D eigenvalue weighted by Gasteiger charge is 2.43. The summed E-state index contributed by atoms with van der Waals surface area (Å²) in [5.41, 5.74) is 0.750. The van der Waals surface area contributed by atoms with Gasteiger partial charge in [-0.1, -0.05) is 91.0 Å². The van der Waals surface area contributed by atoms with Crippen LogP contribution in [0, 0.1) is 0 Å². The van der Waals surface area contributed by atoms with Crippen molar-refractivity contribution in [2.24, 2.45) is 0 Å². The maximum Gasteiger partial charge on any atom is 0.417 e. The number of amides is 2. The fourth-order valence-corrected chi connectivity index (χ4v) is 4.39. The van der Waals surface area contributed by atoms with Crippen molar-refractivity contribution >= 4 is 12.0 Å². The van der Waals surface area contributed by atoms with Gasteiger partial charge in [-0.3, -0.25) is 4.79 Å². The summed E-state index contributed by atoms with van der Waals surface area (Å²) in [6, 6.07) is 28.3. The summed E-state index contributed by atoms with van der Waals surface area (Å²) in [6.45, 7) is 5.04. The Morgan fingerprint density at radius 2 is 1.28 bits per heavy atom. The molecule has 0 saturated heterocycles. The second-order valence-corrected chi connectivity index (χ2v) is 9.70. The number of aliphatic hydroxyl groups is 1. The Hall–Kier alpha value is -3.74. The molecule has 0 fully saturated rings. The standard InChI is InChI=1S/C30H31NO5/c1-29(2,3)36-28(34)31-25(26(32)19-20-27(31)33)21-35-30(22-13-7-4-8-14-22,23-15-9-5-10-16-23)24-17-11-6-12-18-24/h4-20,25-26,32H,21H2,1-3H3/t25-,26+/m0/s1. The smallest absolute Gasteiger partial charge is 0.417 e. The molecule has 6 heteroatoms. The lowest BCUT2D eigenvalue weighted by atomic mass is 9.80. The number of carbonyl (C=O) groups is 2. The molecule has 3 aromatic rings. The van der Waals surface area contributed by atoms with Crippen LogP contribution in [0.3, 0.4) is 0 Å². The largest absolute Gasteiger partial charge is 0.443 e. The molecule has 0 aliphatic carbocycles. The quantitative estimate of drug-likeness (QED) is 0.494. The molecule has 1 N–H and O–H groups in total. The molecule has 2 amide bonds. The van der Waals surface area contributed by atoms with Crippen LogP contribution >= 0.6 is 0 Å². The highest BCUT2D eigenvalue weighted by Crippen LogP contribution is 2.41. The van der Waals surface area contributed by atoms with E-state index in [0.717, 1.165) is 21.6 Å². The van der Waals surface area contributed by atoms with E-state index in [2.05, 4.69) is 0 Å². The molecule has 36 heavy (non-hydrogen) atoms. The Balaban J connectivity index is 1.79. The monoisotopic (exact) mass is 485 g/mol. The normalized spacial score (nSPS) is 18.2. The second kappa shape index (κ2) is 10.5. The molecule has 0 spiro atoms. The van der Waals surface area contributed by atoms with Crippen molar-refractivity contribution in [2.75, 3.05) is 6.61 Å². The minimum absolute atomic E-state index is 0.130. The SMILES string of the molecule is CC(C)(C)OC(=O)N1C(=O)C=C[C@@H](O)[C@@H]1COC(c1ccccc1)(c1ccccc1)c1ccccc1. The molecule has 1 heterocycles. The minimum atomic E-state index is -1.12. The van der Waals surface area contributed by atoms with E-state index in [0.29, 0.717) is 0 Å². The van der Waals surface area contributed by atoms with Gasteiger partial charge in [-0.25, -0.2) is 9.69 Å². The van der Waals surface area contributed by atoms with E-state index in [4.69, 9.17) is 9.47 Å². The van der Waals surface area contributed by atoms with Crippen molar-refractivity contribution in [3.63, 3.8) is 0 Å². The Morgan fingerprint density at radius 1 is 0.833 bits per heavy atom. The van der Waals surface area contributed by atoms with Crippen molar-refractivity contribution in [1.29, 1.82) is 0 Å². The molecule has 1 aliphatic heterocycles. The van der Waals surface area contributed by atoms with Gasteiger partial charge in [0.05, 0.1) is 18.8 Å². The molecule has 0 saturated carbocycles. The summed E-state index contributed by atoms with van der Waals surface area (Å²) in [7, 11) is 0. The molecule has 1 aliphatic rings. The van der Waals surface area contributed by atoms with E-state index in [9.17, 15) is 14.7 Å². The maximum absolute atomic E-state index is 13.0. The van der Waals surface area contributed by atoms with Crippen molar-refractivity contribution < 1.29 is 24.2 Å². The van der Waals surface area contributed by atoms with Gasteiger partial charge in [0.2, 0.25) is 0 Å². The van der Waals surface area contributed by atoms with Gasteiger partial charge in [-0.2, -0.15) is 0 Å². The third kappa shape index (κ3) is 5.25. The van der Waals surface area contributed by atoms with Gasteiger partial charge in [0.15, 0.2) is 0 Å². The molecular formula is C30H31NO5. The van der Waals surface area contributed by atoms with Gasteiger partial charge in [0.1, 0.15) is 11.2 Å². The van der Waals surface area contributed by atoms with Gasteiger partial charge in [-0.15, -0.1) is 0 Å². The van der Waals surface area contributed by atoms with Crippen molar-refractivity contribution in [3.05, 3.63) is 120 Å². The van der Waals surface area contributed by atoms with Crippen LogP contribution in [-0.2, 0) is 19.9 Å². The van der Waals surface area contributed by atoms with E-state index < -0.39 is 35.3 Å². The molecular weight excluding hydrogens is 454 g/mol. The topological polar surface area (TPSA) is 76.1 Å². The summed E-state index contributed by atoms with van der Waals surface area (Å²) in [5, 5.41) is 10.8. The molecule has 4 rings (SSSR count). The van der Waals surface area contributed by atoms with Crippen molar-refractivity contribution in [3.8, 4) is 0 Å². The average Bonchev–Trinajstić information content (AvgIpc) is 2.87. The summed E-state index contributed by atoms with van der Waals surface area (Å²) in [4.78, 5) is 26.7. The van der Waals surface area contributed by atoms with Crippen LogP contribution in [0.2, 0.25) is 0 Å². The number of carbonyl (C=O) groups excluding carboxylic acids is 2. The Bertz CT molecular complexity index is 1110.